The minimum atomic E-state index is -0.232. The predicted octanol–water partition coefficient (Wildman–Crippen LogP) is 2.44. The summed E-state index contributed by atoms with van der Waals surface area (Å²) in [5, 5.41) is 0.606. The van der Waals surface area contributed by atoms with Crippen LogP contribution in [0.3, 0.4) is 0 Å². The fourth-order valence-corrected chi connectivity index (χ4v) is 1.62. The number of hydrogen-bond donors (Lipinski definition) is 1. The molecule has 0 aliphatic heterocycles. The van der Waals surface area contributed by atoms with Crippen molar-refractivity contribution >= 4 is 17.2 Å². The lowest BCUT2D eigenvalue weighted by molar-refractivity contribution is -0.107. The zero-order chi connectivity index (χ0) is 9.97. The van der Waals surface area contributed by atoms with Crippen molar-refractivity contribution in [2.24, 2.45) is 0 Å². The van der Waals surface area contributed by atoms with Crippen molar-refractivity contribution in [3.8, 4) is 0 Å². The number of aldehydes is 1. The van der Waals surface area contributed by atoms with E-state index in [1.807, 2.05) is 6.07 Å². The molecule has 0 aliphatic rings. The fraction of sp³-hybridized carbons (Fsp3) is 0.182. The number of carbonyl (C=O) groups is 1. The highest BCUT2D eigenvalue weighted by Crippen LogP contribution is 2.22. The number of nitrogens with one attached hydrogen (secondary N) is 1. The van der Waals surface area contributed by atoms with Gasteiger partial charge >= 0.3 is 0 Å². The average Bonchev–Trinajstić information content (AvgIpc) is 2.59. The van der Waals surface area contributed by atoms with Gasteiger partial charge in [-0.1, -0.05) is 6.07 Å². The van der Waals surface area contributed by atoms with Crippen LogP contribution in [0.15, 0.2) is 24.4 Å². The number of halogens is 1. The summed E-state index contributed by atoms with van der Waals surface area (Å²) in [4.78, 5) is 13.2. The highest BCUT2D eigenvalue weighted by Gasteiger charge is 2.07. The van der Waals surface area contributed by atoms with E-state index in [1.54, 1.807) is 12.3 Å². The van der Waals surface area contributed by atoms with Gasteiger partial charge in [-0.3, -0.25) is 0 Å². The van der Waals surface area contributed by atoms with Gasteiger partial charge in [0.05, 0.1) is 0 Å². The Morgan fingerprint density at radius 2 is 2.29 bits per heavy atom. The summed E-state index contributed by atoms with van der Waals surface area (Å²) in [6.07, 6.45) is 3.63. The monoisotopic (exact) mass is 191 g/mol. The van der Waals surface area contributed by atoms with Crippen LogP contribution in [0.1, 0.15) is 12.0 Å². The first-order chi connectivity index (χ1) is 6.83. The normalized spacial score (nSPS) is 10.6. The molecule has 14 heavy (non-hydrogen) atoms. The molecule has 0 atom stereocenters. The molecule has 0 fully saturated rings. The Labute approximate surface area is 80.7 Å². The molecule has 1 heterocycles. The molecule has 0 saturated carbocycles. The number of carbonyl (C=O) groups excluding carboxylic acids is 1. The minimum Gasteiger partial charge on any atom is -0.361 e. The van der Waals surface area contributed by atoms with Crippen molar-refractivity contribution in [3.63, 3.8) is 0 Å². The van der Waals surface area contributed by atoms with Crippen molar-refractivity contribution in [1.82, 2.24) is 4.98 Å². The molecule has 0 spiro atoms. The third kappa shape index (κ3) is 1.41. The lowest BCUT2D eigenvalue weighted by Crippen LogP contribution is -1.85. The Morgan fingerprint density at radius 3 is 3.07 bits per heavy atom. The molecule has 0 aliphatic carbocycles. The number of fused-ring (bicyclic) bond motifs is 1. The third-order valence-electron chi connectivity index (χ3n) is 2.27. The van der Waals surface area contributed by atoms with E-state index in [-0.39, 0.29) is 5.82 Å². The van der Waals surface area contributed by atoms with Crippen molar-refractivity contribution in [2.45, 2.75) is 12.8 Å². The Bertz CT molecular complexity index is 461. The Balaban J connectivity index is 2.50. The molecule has 1 N–H and O–H groups in total. The van der Waals surface area contributed by atoms with E-state index >= 15 is 0 Å². The van der Waals surface area contributed by atoms with Crippen LogP contribution < -0.4 is 0 Å². The van der Waals surface area contributed by atoms with Crippen LogP contribution in [0.5, 0.6) is 0 Å². The summed E-state index contributed by atoms with van der Waals surface area (Å²) < 4.78 is 13.4. The molecule has 2 aromatic rings. The molecule has 72 valence electrons. The van der Waals surface area contributed by atoms with Crippen molar-refractivity contribution in [2.75, 3.05) is 0 Å². The average molecular weight is 191 g/mol. The topological polar surface area (TPSA) is 32.9 Å². The molecule has 0 saturated heterocycles. The summed E-state index contributed by atoms with van der Waals surface area (Å²) in [6.45, 7) is 0. The van der Waals surface area contributed by atoms with E-state index in [9.17, 15) is 9.18 Å². The zero-order valence-electron chi connectivity index (χ0n) is 7.59. The zero-order valence-corrected chi connectivity index (χ0v) is 7.59. The summed E-state index contributed by atoms with van der Waals surface area (Å²) in [5.41, 5.74) is 1.65. The largest absolute Gasteiger partial charge is 0.361 e. The summed E-state index contributed by atoms with van der Waals surface area (Å²) >= 11 is 0. The molecule has 0 unspecified atom stereocenters. The maximum absolute atomic E-state index is 13.4. The molecular formula is C11H10FNO. The quantitative estimate of drug-likeness (QED) is 0.742. The van der Waals surface area contributed by atoms with Crippen molar-refractivity contribution in [3.05, 3.63) is 35.8 Å². The molecule has 1 aromatic heterocycles. The van der Waals surface area contributed by atoms with E-state index in [4.69, 9.17) is 0 Å². The first-order valence-electron chi connectivity index (χ1n) is 4.51. The van der Waals surface area contributed by atoms with Crippen LogP contribution >= 0.6 is 0 Å². The predicted molar refractivity (Wildman–Crippen MR) is 52.6 cm³/mol. The maximum atomic E-state index is 13.4. The molecule has 0 amide bonds. The number of aromatic amines is 1. The standard InChI is InChI=1S/C11H10FNO/c12-9-4-1-5-10-11(9)8(7-13-10)3-2-6-14/h1,4-7,13H,2-3H2. The van der Waals surface area contributed by atoms with Crippen LogP contribution in [0, 0.1) is 5.82 Å². The smallest absolute Gasteiger partial charge is 0.132 e. The number of hydrogen-bond acceptors (Lipinski definition) is 1. The van der Waals surface area contributed by atoms with E-state index in [0.717, 1.165) is 17.4 Å². The molecule has 3 heteroatoms. The Hall–Kier alpha value is -1.64. The summed E-state index contributed by atoms with van der Waals surface area (Å²) in [7, 11) is 0. The first-order valence-corrected chi connectivity index (χ1v) is 4.51. The van der Waals surface area contributed by atoms with Crippen molar-refractivity contribution < 1.29 is 9.18 Å². The molecular weight excluding hydrogens is 181 g/mol. The van der Waals surface area contributed by atoms with Gasteiger partial charge < -0.3 is 9.78 Å². The van der Waals surface area contributed by atoms with Gasteiger partial charge in [0.1, 0.15) is 12.1 Å². The first kappa shape index (κ1) is 8.94. The van der Waals surface area contributed by atoms with Gasteiger partial charge in [-0.15, -0.1) is 0 Å². The highest BCUT2D eigenvalue weighted by atomic mass is 19.1. The van der Waals surface area contributed by atoms with Gasteiger partial charge in [0.25, 0.3) is 0 Å². The summed E-state index contributed by atoms with van der Waals surface area (Å²) in [6, 6.07) is 4.92. The minimum absolute atomic E-state index is 0.232. The lowest BCUT2D eigenvalue weighted by atomic mass is 10.1. The second-order valence-electron chi connectivity index (χ2n) is 3.18. The van der Waals surface area contributed by atoms with Crippen LogP contribution in [0.4, 0.5) is 4.39 Å². The molecule has 1 aromatic carbocycles. The van der Waals surface area contributed by atoms with E-state index < -0.39 is 0 Å². The molecule has 2 rings (SSSR count). The van der Waals surface area contributed by atoms with E-state index in [0.29, 0.717) is 18.2 Å². The fourth-order valence-electron chi connectivity index (χ4n) is 1.62. The van der Waals surface area contributed by atoms with Gasteiger partial charge in [0.15, 0.2) is 0 Å². The second kappa shape index (κ2) is 3.62. The number of aryl methyl sites for hydroxylation is 1. The van der Waals surface area contributed by atoms with Crippen LogP contribution in [-0.4, -0.2) is 11.3 Å². The van der Waals surface area contributed by atoms with Gasteiger partial charge in [-0.05, 0) is 24.1 Å². The number of H-pyrrole nitrogens is 1. The molecule has 0 radical (unpaired) electrons. The van der Waals surface area contributed by atoms with Crippen LogP contribution in [0.25, 0.3) is 10.9 Å². The maximum Gasteiger partial charge on any atom is 0.132 e. The van der Waals surface area contributed by atoms with Gasteiger partial charge in [-0.2, -0.15) is 0 Å². The van der Waals surface area contributed by atoms with Gasteiger partial charge in [0.2, 0.25) is 0 Å². The molecule has 2 nitrogen and oxygen atoms in total. The third-order valence-corrected chi connectivity index (χ3v) is 2.27. The van der Waals surface area contributed by atoms with E-state index in [1.165, 1.54) is 6.07 Å². The van der Waals surface area contributed by atoms with Crippen LogP contribution in [-0.2, 0) is 11.2 Å². The Kier molecular flexibility index (Phi) is 2.31. The summed E-state index contributed by atoms with van der Waals surface area (Å²) in [5.74, 6) is -0.232. The molecule has 0 bridgehead atoms. The van der Waals surface area contributed by atoms with Gasteiger partial charge in [-0.25, -0.2) is 4.39 Å². The van der Waals surface area contributed by atoms with E-state index in [2.05, 4.69) is 4.98 Å². The van der Waals surface area contributed by atoms with Crippen LogP contribution in [0.2, 0.25) is 0 Å². The second-order valence-corrected chi connectivity index (χ2v) is 3.18. The number of aromatic nitrogens is 1. The lowest BCUT2D eigenvalue weighted by Gasteiger charge is -1.96. The highest BCUT2D eigenvalue weighted by molar-refractivity contribution is 5.84. The SMILES string of the molecule is O=CCCc1c[nH]c2cccc(F)c12. The van der Waals surface area contributed by atoms with Gasteiger partial charge in [0, 0.05) is 23.5 Å². The van der Waals surface area contributed by atoms with Crippen molar-refractivity contribution in [1.29, 1.82) is 0 Å². The number of benzene rings is 1. The number of rotatable bonds is 3. The Morgan fingerprint density at radius 1 is 1.43 bits per heavy atom.